The Morgan fingerprint density at radius 3 is 2.52 bits per heavy atom. The summed E-state index contributed by atoms with van der Waals surface area (Å²) >= 11 is 0. The molecule has 0 aliphatic heterocycles. The Kier molecular flexibility index (Phi) is 7.52. The van der Waals surface area contributed by atoms with Crippen molar-refractivity contribution < 1.29 is 19.4 Å². The molecule has 0 bridgehead atoms. The van der Waals surface area contributed by atoms with Crippen LogP contribution in [0.4, 0.5) is 0 Å². The van der Waals surface area contributed by atoms with Crippen LogP contribution in [0.5, 0.6) is 11.5 Å². The van der Waals surface area contributed by atoms with Crippen LogP contribution in [0, 0.1) is 13.8 Å². The summed E-state index contributed by atoms with van der Waals surface area (Å²) in [5.74, 6) is 1.01. The van der Waals surface area contributed by atoms with Crippen LogP contribution in [0.25, 0.3) is 0 Å². The zero-order valence-electron chi connectivity index (χ0n) is 15.0. The van der Waals surface area contributed by atoms with Crippen LogP contribution >= 0.6 is 0 Å². The molecule has 0 aliphatic rings. The third kappa shape index (κ3) is 5.84. The lowest BCUT2D eigenvalue weighted by atomic mass is 10.0. The number of carbonyl (C=O) groups excluding carboxylic acids is 1. The van der Waals surface area contributed by atoms with Crippen molar-refractivity contribution in [2.24, 2.45) is 0 Å². The Hall–Kier alpha value is -1.59. The van der Waals surface area contributed by atoms with Crippen molar-refractivity contribution in [1.82, 2.24) is 5.32 Å². The topological polar surface area (TPSA) is 67.8 Å². The number of hydrogen-bond acceptors (Lipinski definition) is 5. The summed E-state index contributed by atoms with van der Waals surface area (Å²) < 4.78 is 11.1. The summed E-state index contributed by atoms with van der Waals surface area (Å²) in [5, 5.41) is 13.1. The number of aliphatic hydroxyl groups excluding tert-OH is 1. The first-order chi connectivity index (χ1) is 10.8. The van der Waals surface area contributed by atoms with E-state index >= 15 is 0 Å². The highest BCUT2D eigenvalue weighted by Crippen LogP contribution is 2.34. The molecule has 0 saturated carbocycles. The lowest BCUT2D eigenvalue weighted by Crippen LogP contribution is -2.35. The number of carbonyl (C=O) groups is 1. The third-order valence-corrected chi connectivity index (χ3v) is 3.59. The number of hydrogen-bond donors (Lipinski definition) is 2. The third-order valence-electron chi connectivity index (χ3n) is 3.59. The van der Waals surface area contributed by atoms with Crippen molar-refractivity contribution in [3.8, 4) is 11.5 Å². The largest absolute Gasteiger partial charge is 0.491 e. The highest BCUT2D eigenvalue weighted by Gasteiger charge is 2.17. The molecule has 1 aromatic rings. The fourth-order valence-corrected chi connectivity index (χ4v) is 2.41. The van der Waals surface area contributed by atoms with Crippen LogP contribution in [0.3, 0.4) is 0 Å². The standard InChI is InChI=1S/C18H29NO4/c1-7-16-13(5)17(8-12(4)18(16)23-14(6)20)22-10-15(21)9-19-11(2)3/h8,11,15,19,21H,7,9-10H2,1-6H3. The fraction of sp³-hybridized carbons (Fsp3) is 0.611. The molecule has 2 N–H and O–H groups in total. The molecule has 0 saturated heterocycles. The van der Waals surface area contributed by atoms with Gasteiger partial charge in [0.1, 0.15) is 24.2 Å². The maximum Gasteiger partial charge on any atom is 0.308 e. The van der Waals surface area contributed by atoms with Gasteiger partial charge in [0.25, 0.3) is 0 Å². The van der Waals surface area contributed by atoms with Crippen molar-refractivity contribution in [2.45, 2.75) is 60.1 Å². The van der Waals surface area contributed by atoms with E-state index in [0.29, 0.717) is 18.3 Å². The summed E-state index contributed by atoms with van der Waals surface area (Å²) in [6, 6.07) is 2.18. The molecule has 1 aromatic carbocycles. The molecule has 0 amide bonds. The van der Waals surface area contributed by atoms with E-state index in [4.69, 9.17) is 9.47 Å². The summed E-state index contributed by atoms with van der Waals surface area (Å²) in [4.78, 5) is 11.3. The molecule has 130 valence electrons. The van der Waals surface area contributed by atoms with Crippen molar-refractivity contribution in [3.05, 3.63) is 22.8 Å². The Morgan fingerprint density at radius 1 is 1.35 bits per heavy atom. The molecular weight excluding hydrogens is 294 g/mol. The number of benzene rings is 1. The minimum absolute atomic E-state index is 0.218. The van der Waals surface area contributed by atoms with E-state index in [1.54, 1.807) is 0 Å². The molecular formula is C18H29NO4. The molecule has 0 spiro atoms. The van der Waals surface area contributed by atoms with Gasteiger partial charge in [0.15, 0.2) is 0 Å². The van der Waals surface area contributed by atoms with E-state index in [1.807, 2.05) is 40.7 Å². The SMILES string of the molecule is CCc1c(C)c(OCC(O)CNC(C)C)cc(C)c1OC(C)=O. The average Bonchev–Trinajstić information content (AvgIpc) is 2.47. The van der Waals surface area contributed by atoms with Gasteiger partial charge >= 0.3 is 5.97 Å². The van der Waals surface area contributed by atoms with Gasteiger partial charge in [0.2, 0.25) is 0 Å². The maximum atomic E-state index is 11.3. The Balaban J connectivity index is 2.88. The van der Waals surface area contributed by atoms with Gasteiger partial charge in [-0.05, 0) is 37.5 Å². The first-order valence-electron chi connectivity index (χ1n) is 8.11. The quantitative estimate of drug-likeness (QED) is 0.568. The summed E-state index contributed by atoms with van der Waals surface area (Å²) in [7, 11) is 0. The number of aliphatic hydroxyl groups is 1. The van der Waals surface area contributed by atoms with Crippen molar-refractivity contribution in [1.29, 1.82) is 0 Å². The second-order valence-electron chi connectivity index (χ2n) is 6.10. The number of nitrogens with one attached hydrogen (secondary N) is 1. The van der Waals surface area contributed by atoms with Gasteiger partial charge < -0.3 is 19.9 Å². The second-order valence-corrected chi connectivity index (χ2v) is 6.10. The number of rotatable bonds is 8. The minimum atomic E-state index is -0.574. The van der Waals surface area contributed by atoms with Gasteiger partial charge in [-0.15, -0.1) is 0 Å². The molecule has 0 aromatic heterocycles. The summed E-state index contributed by atoms with van der Waals surface area (Å²) in [5.41, 5.74) is 2.76. The predicted molar refractivity (Wildman–Crippen MR) is 91.2 cm³/mol. The number of ether oxygens (including phenoxy) is 2. The van der Waals surface area contributed by atoms with Gasteiger partial charge in [-0.3, -0.25) is 4.79 Å². The molecule has 0 aliphatic carbocycles. The van der Waals surface area contributed by atoms with Gasteiger partial charge in [-0.1, -0.05) is 20.8 Å². The normalized spacial score (nSPS) is 12.3. The van der Waals surface area contributed by atoms with Crippen LogP contribution in [-0.4, -0.2) is 36.4 Å². The van der Waals surface area contributed by atoms with Gasteiger partial charge in [-0.25, -0.2) is 0 Å². The zero-order valence-corrected chi connectivity index (χ0v) is 15.0. The lowest BCUT2D eigenvalue weighted by Gasteiger charge is -2.20. The fourth-order valence-electron chi connectivity index (χ4n) is 2.41. The van der Waals surface area contributed by atoms with Crippen LogP contribution in [-0.2, 0) is 11.2 Å². The maximum absolute atomic E-state index is 11.3. The van der Waals surface area contributed by atoms with Crippen LogP contribution in [0.15, 0.2) is 6.07 Å². The molecule has 0 fully saturated rings. The number of esters is 1. The predicted octanol–water partition coefficient (Wildman–Crippen LogP) is 2.53. The lowest BCUT2D eigenvalue weighted by molar-refractivity contribution is -0.132. The average molecular weight is 323 g/mol. The highest BCUT2D eigenvalue weighted by atomic mass is 16.5. The molecule has 0 heterocycles. The van der Waals surface area contributed by atoms with Crippen molar-refractivity contribution in [3.63, 3.8) is 0 Å². The molecule has 1 rings (SSSR count). The van der Waals surface area contributed by atoms with E-state index in [2.05, 4.69) is 5.32 Å². The molecule has 5 nitrogen and oxygen atoms in total. The van der Waals surface area contributed by atoms with Gasteiger partial charge in [-0.2, -0.15) is 0 Å². The van der Waals surface area contributed by atoms with Crippen molar-refractivity contribution >= 4 is 5.97 Å². The minimum Gasteiger partial charge on any atom is -0.491 e. The van der Waals surface area contributed by atoms with E-state index < -0.39 is 6.10 Å². The highest BCUT2D eigenvalue weighted by molar-refractivity contribution is 5.71. The van der Waals surface area contributed by atoms with Crippen LogP contribution < -0.4 is 14.8 Å². The van der Waals surface area contributed by atoms with Gasteiger partial charge in [0.05, 0.1) is 0 Å². The molecule has 1 atom stereocenters. The Labute approximate surface area is 139 Å². The van der Waals surface area contributed by atoms with Crippen molar-refractivity contribution in [2.75, 3.05) is 13.2 Å². The monoisotopic (exact) mass is 323 g/mol. The second kappa shape index (κ2) is 8.89. The van der Waals surface area contributed by atoms with E-state index in [0.717, 1.165) is 28.9 Å². The zero-order chi connectivity index (χ0) is 17.6. The van der Waals surface area contributed by atoms with Crippen LogP contribution in [0.2, 0.25) is 0 Å². The first-order valence-corrected chi connectivity index (χ1v) is 8.11. The Bertz CT molecular complexity index is 540. The van der Waals surface area contributed by atoms with E-state index in [9.17, 15) is 9.90 Å². The van der Waals surface area contributed by atoms with E-state index in [1.165, 1.54) is 6.92 Å². The van der Waals surface area contributed by atoms with Crippen LogP contribution in [0.1, 0.15) is 44.4 Å². The number of aryl methyl sites for hydroxylation is 1. The molecule has 23 heavy (non-hydrogen) atoms. The van der Waals surface area contributed by atoms with E-state index in [-0.39, 0.29) is 12.6 Å². The first kappa shape index (κ1) is 19.5. The molecule has 5 heteroatoms. The summed E-state index contributed by atoms with van der Waals surface area (Å²) in [6.07, 6.45) is 0.166. The molecule has 0 radical (unpaired) electrons. The molecule has 1 unspecified atom stereocenters. The smallest absolute Gasteiger partial charge is 0.308 e. The van der Waals surface area contributed by atoms with Gasteiger partial charge in [0, 0.05) is 25.1 Å². The Morgan fingerprint density at radius 2 is 2.00 bits per heavy atom. The summed E-state index contributed by atoms with van der Waals surface area (Å²) in [6.45, 7) is 12.0.